The molecule has 1 amide bonds. The van der Waals surface area contributed by atoms with E-state index in [0.717, 1.165) is 23.0 Å². The molecule has 1 atom stereocenters. The Kier molecular flexibility index (Phi) is 7.05. The number of rotatable bonds is 7. The Hall–Kier alpha value is -0.910. The zero-order chi connectivity index (χ0) is 14.3. The van der Waals surface area contributed by atoms with Crippen molar-refractivity contribution in [1.82, 2.24) is 10.2 Å². The minimum absolute atomic E-state index is 0.0171. The van der Waals surface area contributed by atoms with Crippen LogP contribution in [0.15, 0.2) is 28.7 Å². The predicted octanol–water partition coefficient (Wildman–Crippen LogP) is 1.91. The van der Waals surface area contributed by atoms with Crippen LogP contribution < -0.4 is 11.1 Å². The van der Waals surface area contributed by atoms with E-state index in [1.165, 1.54) is 0 Å². The quantitative estimate of drug-likeness (QED) is 0.804. The minimum Gasteiger partial charge on any atom is -0.348 e. The molecule has 0 spiro atoms. The van der Waals surface area contributed by atoms with Gasteiger partial charge in [0, 0.05) is 4.47 Å². The molecule has 0 aliphatic carbocycles. The number of benzene rings is 1. The number of likely N-dealkylation sites (N-methyl/N-ethyl adjacent to an activating group) is 1. The maximum absolute atomic E-state index is 11.9. The lowest BCUT2D eigenvalue weighted by Gasteiger charge is -2.19. The molecule has 19 heavy (non-hydrogen) atoms. The molecule has 1 unspecified atom stereocenters. The number of halogens is 1. The van der Waals surface area contributed by atoms with Gasteiger partial charge < -0.3 is 11.1 Å². The number of nitrogens with zero attached hydrogens (tertiary/aromatic N) is 1. The van der Waals surface area contributed by atoms with Crippen molar-refractivity contribution in [3.63, 3.8) is 0 Å². The predicted molar refractivity (Wildman–Crippen MR) is 81.9 cm³/mol. The molecule has 0 saturated heterocycles. The Labute approximate surface area is 123 Å². The van der Waals surface area contributed by atoms with Crippen molar-refractivity contribution in [2.75, 3.05) is 26.7 Å². The Morgan fingerprint density at radius 3 is 2.63 bits per heavy atom. The third kappa shape index (κ3) is 6.18. The molecule has 0 heterocycles. The highest BCUT2D eigenvalue weighted by atomic mass is 79.9. The third-order valence-corrected chi connectivity index (χ3v) is 3.43. The van der Waals surface area contributed by atoms with Crippen molar-refractivity contribution < 1.29 is 4.79 Å². The van der Waals surface area contributed by atoms with Crippen molar-refractivity contribution in [3.05, 3.63) is 34.3 Å². The second-order valence-electron chi connectivity index (χ2n) is 4.72. The first-order valence-corrected chi connectivity index (χ1v) is 7.25. The van der Waals surface area contributed by atoms with Crippen LogP contribution in [-0.2, 0) is 4.79 Å². The molecule has 0 bridgehead atoms. The van der Waals surface area contributed by atoms with Gasteiger partial charge in [0.25, 0.3) is 0 Å². The fourth-order valence-corrected chi connectivity index (χ4v) is 2.07. The topological polar surface area (TPSA) is 58.4 Å². The normalized spacial score (nSPS) is 12.5. The van der Waals surface area contributed by atoms with Crippen molar-refractivity contribution in [1.29, 1.82) is 0 Å². The number of amides is 1. The number of nitrogens with two attached hydrogens (primary N) is 1. The van der Waals surface area contributed by atoms with Crippen LogP contribution in [0.3, 0.4) is 0 Å². The van der Waals surface area contributed by atoms with Gasteiger partial charge in [-0.2, -0.15) is 0 Å². The van der Waals surface area contributed by atoms with E-state index in [0.29, 0.717) is 13.1 Å². The minimum atomic E-state index is 0.0171. The van der Waals surface area contributed by atoms with Crippen LogP contribution in [0.2, 0.25) is 0 Å². The number of nitrogens with one attached hydrogen (secondary N) is 1. The molecule has 106 valence electrons. The molecule has 0 radical (unpaired) electrons. The van der Waals surface area contributed by atoms with Crippen LogP contribution in [0, 0.1) is 0 Å². The second-order valence-corrected chi connectivity index (χ2v) is 5.64. The van der Waals surface area contributed by atoms with Gasteiger partial charge in [0.2, 0.25) is 5.91 Å². The highest BCUT2D eigenvalue weighted by Gasteiger charge is 2.11. The fraction of sp³-hybridized carbons (Fsp3) is 0.500. The molecule has 4 nitrogen and oxygen atoms in total. The lowest BCUT2D eigenvalue weighted by Crippen LogP contribution is -2.37. The maximum atomic E-state index is 11.9. The highest BCUT2D eigenvalue weighted by molar-refractivity contribution is 9.10. The maximum Gasteiger partial charge on any atom is 0.234 e. The van der Waals surface area contributed by atoms with Gasteiger partial charge in [-0.25, -0.2) is 0 Å². The Bertz CT molecular complexity index is 394. The summed E-state index contributed by atoms with van der Waals surface area (Å²) in [5, 5.41) is 3.00. The fourth-order valence-electron chi connectivity index (χ4n) is 1.81. The summed E-state index contributed by atoms with van der Waals surface area (Å²) in [6.45, 7) is 3.89. The van der Waals surface area contributed by atoms with Crippen LogP contribution >= 0.6 is 15.9 Å². The average Bonchev–Trinajstić information content (AvgIpc) is 2.36. The summed E-state index contributed by atoms with van der Waals surface area (Å²) < 4.78 is 1.04. The molecule has 0 aliphatic rings. The smallest absolute Gasteiger partial charge is 0.234 e. The summed E-state index contributed by atoms with van der Waals surface area (Å²) in [5.74, 6) is 0.0370. The summed E-state index contributed by atoms with van der Waals surface area (Å²) in [6.07, 6.45) is 0.909. The molecule has 1 aromatic carbocycles. The molecule has 1 rings (SSSR count). The van der Waals surface area contributed by atoms with Crippen LogP contribution in [0.5, 0.6) is 0 Å². The summed E-state index contributed by atoms with van der Waals surface area (Å²) in [6, 6.07) is 7.99. The molecule has 1 aromatic rings. The summed E-state index contributed by atoms with van der Waals surface area (Å²) in [4.78, 5) is 13.9. The lowest BCUT2D eigenvalue weighted by atomic mass is 10.1. The summed E-state index contributed by atoms with van der Waals surface area (Å²) in [7, 11) is 1.93. The first kappa shape index (κ1) is 16.1. The van der Waals surface area contributed by atoms with Gasteiger partial charge in [-0.05, 0) is 51.2 Å². The Morgan fingerprint density at radius 1 is 1.42 bits per heavy atom. The van der Waals surface area contributed by atoms with Gasteiger partial charge in [0.05, 0.1) is 12.6 Å². The number of hydrogen-bond donors (Lipinski definition) is 2. The summed E-state index contributed by atoms with van der Waals surface area (Å²) >= 11 is 3.40. The summed E-state index contributed by atoms with van der Waals surface area (Å²) in [5.41, 5.74) is 6.54. The molecule has 0 saturated carbocycles. The van der Waals surface area contributed by atoms with E-state index >= 15 is 0 Å². The molecular formula is C14H22BrN3O. The largest absolute Gasteiger partial charge is 0.348 e. The second kappa shape index (κ2) is 8.30. The average molecular weight is 328 g/mol. The zero-order valence-electron chi connectivity index (χ0n) is 11.5. The number of carbonyl (C=O) groups is 1. The van der Waals surface area contributed by atoms with Crippen LogP contribution in [0.25, 0.3) is 0 Å². The van der Waals surface area contributed by atoms with Crippen LogP contribution in [0.1, 0.15) is 24.9 Å². The van der Waals surface area contributed by atoms with E-state index < -0.39 is 0 Å². The van der Waals surface area contributed by atoms with E-state index in [4.69, 9.17) is 5.73 Å². The van der Waals surface area contributed by atoms with E-state index in [1.54, 1.807) is 0 Å². The zero-order valence-corrected chi connectivity index (χ0v) is 13.1. The van der Waals surface area contributed by atoms with Crippen molar-refractivity contribution >= 4 is 21.8 Å². The Balaban J connectivity index is 2.41. The molecule has 3 N–H and O–H groups in total. The molecule has 0 aliphatic heterocycles. The van der Waals surface area contributed by atoms with Gasteiger partial charge >= 0.3 is 0 Å². The van der Waals surface area contributed by atoms with E-state index in [9.17, 15) is 4.79 Å². The van der Waals surface area contributed by atoms with E-state index in [-0.39, 0.29) is 11.9 Å². The van der Waals surface area contributed by atoms with Crippen molar-refractivity contribution in [3.8, 4) is 0 Å². The number of carbonyl (C=O) groups excluding carboxylic acids is 1. The standard InChI is InChI=1S/C14H22BrN3O/c1-11(12-4-6-13(15)7-5-12)17-14(19)10-18(2)9-3-8-16/h4-7,11H,3,8-10,16H2,1-2H3,(H,17,19). The highest BCUT2D eigenvalue weighted by Crippen LogP contribution is 2.16. The molecule has 0 fully saturated rings. The van der Waals surface area contributed by atoms with Gasteiger partial charge in [-0.3, -0.25) is 9.69 Å². The SMILES string of the molecule is CC(NC(=O)CN(C)CCCN)c1ccc(Br)cc1. The number of hydrogen-bond acceptors (Lipinski definition) is 3. The van der Waals surface area contributed by atoms with Gasteiger partial charge in [-0.1, -0.05) is 28.1 Å². The third-order valence-electron chi connectivity index (χ3n) is 2.90. The van der Waals surface area contributed by atoms with Gasteiger partial charge in [0.15, 0.2) is 0 Å². The lowest BCUT2D eigenvalue weighted by molar-refractivity contribution is -0.122. The van der Waals surface area contributed by atoms with Crippen molar-refractivity contribution in [2.24, 2.45) is 5.73 Å². The first-order chi connectivity index (χ1) is 9.02. The van der Waals surface area contributed by atoms with E-state index in [1.807, 2.05) is 43.1 Å². The Morgan fingerprint density at radius 2 is 2.05 bits per heavy atom. The van der Waals surface area contributed by atoms with Crippen LogP contribution in [-0.4, -0.2) is 37.5 Å². The van der Waals surface area contributed by atoms with E-state index in [2.05, 4.69) is 21.2 Å². The molecule has 0 aromatic heterocycles. The molecular weight excluding hydrogens is 306 g/mol. The first-order valence-electron chi connectivity index (χ1n) is 6.46. The van der Waals surface area contributed by atoms with Gasteiger partial charge in [0.1, 0.15) is 0 Å². The van der Waals surface area contributed by atoms with Gasteiger partial charge in [-0.15, -0.1) is 0 Å². The monoisotopic (exact) mass is 327 g/mol. The molecule has 5 heteroatoms. The van der Waals surface area contributed by atoms with Crippen molar-refractivity contribution in [2.45, 2.75) is 19.4 Å². The van der Waals surface area contributed by atoms with Crippen LogP contribution in [0.4, 0.5) is 0 Å².